The van der Waals surface area contributed by atoms with E-state index in [4.69, 9.17) is 5.73 Å². The second-order valence-electron chi connectivity index (χ2n) is 2.99. The van der Waals surface area contributed by atoms with Crippen LogP contribution in [0.4, 0.5) is 0 Å². The summed E-state index contributed by atoms with van der Waals surface area (Å²) >= 11 is 1.54. The van der Waals surface area contributed by atoms with Crippen molar-refractivity contribution in [1.29, 1.82) is 0 Å². The van der Waals surface area contributed by atoms with Crippen molar-refractivity contribution in [1.82, 2.24) is 15.0 Å². The van der Waals surface area contributed by atoms with E-state index < -0.39 is 0 Å². The van der Waals surface area contributed by atoms with E-state index in [1.807, 2.05) is 5.38 Å². The lowest BCUT2D eigenvalue weighted by atomic mass is 10.3. The number of thiazole rings is 1. The molecule has 0 aliphatic carbocycles. The first kappa shape index (κ1) is 10.0. The first-order valence-corrected chi connectivity index (χ1v) is 5.33. The van der Waals surface area contributed by atoms with Crippen LogP contribution >= 0.6 is 11.3 Å². The van der Waals surface area contributed by atoms with Crippen molar-refractivity contribution in [3.63, 3.8) is 0 Å². The van der Waals surface area contributed by atoms with Gasteiger partial charge in [-0.1, -0.05) is 0 Å². The molecule has 0 spiro atoms. The van der Waals surface area contributed by atoms with E-state index in [1.54, 1.807) is 17.5 Å². The van der Waals surface area contributed by atoms with Crippen molar-refractivity contribution < 1.29 is 0 Å². The Morgan fingerprint density at radius 3 is 3.07 bits per heavy atom. The Bertz CT molecular complexity index is 491. The number of nitrogens with one attached hydrogen (secondary N) is 1. The molecule has 0 atom stereocenters. The van der Waals surface area contributed by atoms with E-state index in [0.717, 1.165) is 5.01 Å². The van der Waals surface area contributed by atoms with Gasteiger partial charge < -0.3 is 10.7 Å². The normalized spacial score (nSPS) is 10.5. The highest BCUT2D eigenvalue weighted by atomic mass is 32.1. The number of nitrogens with zero attached hydrogens (tertiary/aromatic N) is 2. The van der Waals surface area contributed by atoms with Gasteiger partial charge in [0.05, 0.1) is 17.2 Å². The van der Waals surface area contributed by atoms with E-state index in [-0.39, 0.29) is 12.1 Å². The lowest BCUT2D eigenvalue weighted by molar-refractivity contribution is 0.858. The summed E-state index contributed by atoms with van der Waals surface area (Å²) < 4.78 is 0. The maximum atomic E-state index is 11.2. The standard InChI is InChI=1S/C9H10N4OS/c10-5-7-12-6(3-8(14)13-7)4-9-11-1-2-15-9/h1-3H,4-5,10H2,(H,12,13,14). The summed E-state index contributed by atoms with van der Waals surface area (Å²) in [4.78, 5) is 22.1. The van der Waals surface area contributed by atoms with Crippen LogP contribution in [0.2, 0.25) is 0 Å². The van der Waals surface area contributed by atoms with Crippen molar-refractivity contribution >= 4 is 11.3 Å². The van der Waals surface area contributed by atoms with Crippen molar-refractivity contribution in [2.24, 2.45) is 5.73 Å². The SMILES string of the molecule is NCc1nc(Cc2nccs2)cc(=O)[nH]1. The highest BCUT2D eigenvalue weighted by Gasteiger charge is 2.03. The predicted octanol–water partition coefficient (Wildman–Crippen LogP) is 0.276. The van der Waals surface area contributed by atoms with Crippen LogP contribution in [0.25, 0.3) is 0 Å². The maximum Gasteiger partial charge on any atom is 0.251 e. The molecule has 0 saturated carbocycles. The summed E-state index contributed by atoms with van der Waals surface area (Å²) in [5.74, 6) is 0.508. The zero-order valence-corrected chi connectivity index (χ0v) is 8.75. The first-order chi connectivity index (χ1) is 7.28. The van der Waals surface area contributed by atoms with Gasteiger partial charge in [-0.25, -0.2) is 9.97 Å². The van der Waals surface area contributed by atoms with E-state index in [1.165, 1.54) is 6.07 Å². The van der Waals surface area contributed by atoms with E-state index in [9.17, 15) is 4.79 Å². The molecule has 2 rings (SSSR count). The van der Waals surface area contributed by atoms with Gasteiger partial charge in [0.2, 0.25) is 0 Å². The molecule has 3 N–H and O–H groups in total. The van der Waals surface area contributed by atoms with Crippen molar-refractivity contribution in [3.05, 3.63) is 44.5 Å². The summed E-state index contributed by atoms with van der Waals surface area (Å²) in [7, 11) is 0. The molecule has 0 amide bonds. The number of hydrogen-bond acceptors (Lipinski definition) is 5. The van der Waals surface area contributed by atoms with Gasteiger partial charge >= 0.3 is 0 Å². The number of rotatable bonds is 3. The molecule has 2 aromatic rings. The molecule has 0 radical (unpaired) electrons. The molecule has 0 aromatic carbocycles. The van der Waals surface area contributed by atoms with Crippen LogP contribution < -0.4 is 11.3 Å². The Morgan fingerprint density at radius 1 is 1.53 bits per heavy atom. The van der Waals surface area contributed by atoms with Crippen LogP contribution in [0.15, 0.2) is 22.4 Å². The minimum absolute atomic E-state index is 0.169. The van der Waals surface area contributed by atoms with Gasteiger partial charge in [0.15, 0.2) is 0 Å². The number of aromatic nitrogens is 3. The lowest BCUT2D eigenvalue weighted by Crippen LogP contribution is -2.15. The Labute approximate surface area is 90.0 Å². The summed E-state index contributed by atoms with van der Waals surface area (Å²) in [6, 6.07) is 1.47. The van der Waals surface area contributed by atoms with Crippen molar-refractivity contribution in [2.75, 3.05) is 0 Å². The molecule has 0 aliphatic rings. The smallest absolute Gasteiger partial charge is 0.251 e. The molecule has 0 fully saturated rings. The van der Waals surface area contributed by atoms with Crippen LogP contribution in [-0.2, 0) is 13.0 Å². The quantitative estimate of drug-likeness (QED) is 0.781. The zero-order chi connectivity index (χ0) is 10.7. The van der Waals surface area contributed by atoms with Gasteiger partial charge in [-0.2, -0.15) is 0 Å². The third-order valence-electron chi connectivity index (χ3n) is 1.85. The molecule has 15 heavy (non-hydrogen) atoms. The summed E-state index contributed by atoms with van der Waals surface area (Å²) in [5.41, 5.74) is 5.95. The molecule has 0 aliphatic heterocycles. The van der Waals surface area contributed by atoms with Crippen LogP contribution in [0.5, 0.6) is 0 Å². The fraction of sp³-hybridized carbons (Fsp3) is 0.222. The Balaban J connectivity index is 2.28. The molecule has 0 bridgehead atoms. The number of nitrogens with two attached hydrogens (primary N) is 1. The van der Waals surface area contributed by atoms with Gasteiger partial charge in [-0.15, -0.1) is 11.3 Å². The van der Waals surface area contributed by atoms with E-state index in [0.29, 0.717) is 17.9 Å². The fourth-order valence-electron chi connectivity index (χ4n) is 1.25. The highest BCUT2D eigenvalue weighted by molar-refractivity contribution is 7.09. The van der Waals surface area contributed by atoms with Crippen molar-refractivity contribution in [3.8, 4) is 0 Å². The Hall–Kier alpha value is -1.53. The van der Waals surface area contributed by atoms with Crippen LogP contribution in [0, 0.1) is 0 Å². The summed E-state index contributed by atoms with van der Waals surface area (Å²) in [5, 5.41) is 2.84. The average molecular weight is 222 g/mol. The van der Waals surface area contributed by atoms with Crippen molar-refractivity contribution in [2.45, 2.75) is 13.0 Å². The molecule has 5 nitrogen and oxygen atoms in total. The minimum Gasteiger partial charge on any atom is -0.324 e. The van der Waals surface area contributed by atoms with Gasteiger partial charge in [0.25, 0.3) is 5.56 Å². The maximum absolute atomic E-state index is 11.2. The van der Waals surface area contributed by atoms with E-state index in [2.05, 4.69) is 15.0 Å². The van der Waals surface area contributed by atoms with Crippen LogP contribution in [0.1, 0.15) is 16.5 Å². The summed E-state index contributed by atoms with van der Waals surface area (Å²) in [6.45, 7) is 0.237. The second kappa shape index (κ2) is 4.33. The molecule has 2 heterocycles. The molecule has 6 heteroatoms. The number of H-pyrrole nitrogens is 1. The Morgan fingerprint density at radius 2 is 2.40 bits per heavy atom. The van der Waals surface area contributed by atoms with Crippen LogP contribution in [-0.4, -0.2) is 15.0 Å². The number of hydrogen-bond donors (Lipinski definition) is 2. The molecule has 0 saturated heterocycles. The zero-order valence-electron chi connectivity index (χ0n) is 7.93. The van der Waals surface area contributed by atoms with Gasteiger partial charge in [0, 0.05) is 24.1 Å². The average Bonchev–Trinajstić information content (AvgIpc) is 2.69. The predicted molar refractivity (Wildman–Crippen MR) is 57.7 cm³/mol. The summed E-state index contributed by atoms with van der Waals surface area (Å²) in [6.07, 6.45) is 2.31. The Kier molecular flexibility index (Phi) is 2.89. The third kappa shape index (κ3) is 2.48. The van der Waals surface area contributed by atoms with Gasteiger partial charge in [-0.3, -0.25) is 4.79 Å². The fourth-order valence-corrected chi connectivity index (χ4v) is 1.88. The first-order valence-electron chi connectivity index (χ1n) is 4.45. The molecule has 78 valence electrons. The molecule has 2 aromatic heterocycles. The van der Waals surface area contributed by atoms with Gasteiger partial charge in [0.1, 0.15) is 5.82 Å². The monoisotopic (exact) mass is 222 g/mol. The largest absolute Gasteiger partial charge is 0.324 e. The molecular formula is C9H10N4OS. The van der Waals surface area contributed by atoms with Gasteiger partial charge in [-0.05, 0) is 0 Å². The molecular weight excluding hydrogens is 212 g/mol. The lowest BCUT2D eigenvalue weighted by Gasteiger charge is -2.00. The third-order valence-corrected chi connectivity index (χ3v) is 2.63. The highest BCUT2D eigenvalue weighted by Crippen LogP contribution is 2.08. The molecule has 0 unspecified atom stereocenters. The second-order valence-corrected chi connectivity index (χ2v) is 3.97. The van der Waals surface area contributed by atoms with Crippen LogP contribution in [0.3, 0.4) is 0 Å². The minimum atomic E-state index is -0.169. The number of aromatic amines is 1. The van der Waals surface area contributed by atoms with E-state index >= 15 is 0 Å². The topological polar surface area (TPSA) is 84.7 Å².